The van der Waals surface area contributed by atoms with E-state index in [1.165, 1.54) is 16.3 Å². The zero-order valence-electron chi connectivity index (χ0n) is 52.1. The molecule has 0 spiro atoms. The number of methoxy groups -OCH3 is 1. The van der Waals surface area contributed by atoms with Crippen LogP contribution in [0.1, 0.15) is 144 Å². The number of alkyl carbamates (subject to hydrolysis) is 1. The molecule has 0 saturated carbocycles. The number of nitrogens with one attached hydrogen (secondary N) is 1. The van der Waals surface area contributed by atoms with Gasteiger partial charge in [0.15, 0.2) is 5.54 Å². The first-order valence-electron chi connectivity index (χ1n) is 29.4. The van der Waals surface area contributed by atoms with Gasteiger partial charge in [-0.15, -0.1) is 11.3 Å². The molecule has 20 nitrogen and oxygen atoms in total. The van der Waals surface area contributed by atoms with E-state index in [1.807, 2.05) is 124 Å². The Morgan fingerprint density at radius 3 is 2.19 bits per heavy atom. The molecule has 85 heavy (non-hydrogen) atoms. The number of nitrogens with zero attached hydrogens (tertiary/aromatic N) is 7. The summed E-state index contributed by atoms with van der Waals surface area (Å²) in [4.78, 5) is 73.2. The average Bonchev–Trinajstić information content (AvgIpc) is 1.64. The van der Waals surface area contributed by atoms with Crippen molar-refractivity contribution in [2.45, 2.75) is 170 Å². The van der Waals surface area contributed by atoms with Crippen molar-refractivity contribution in [3.05, 3.63) is 92.6 Å². The van der Waals surface area contributed by atoms with E-state index in [0.717, 1.165) is 11.3 Å². The van der Waals surface area contributed by atoms with E-state index in [-0.39, 0.29) is 58.4 Å². The standard InChI is InChI=1S/C62H86BBrN8O12S/c1-16-79-52(53-66-47(64)37-85-53)50(67-56(76)82-59(8,9)10)54(73)71-26-20-25-62(55(74)75,72(71)38-58(5,6)7)48-44-33-42(63-83-60(11,12)61(13,14)84-63)23-24-46(44)70(31-32-80-39(2)3)51(48)45-34-43(35-65-49(45)40(4)78-15)68-27-29-69(30-28-68)57(77)81-36-41-21-18-17-19-22-41/h17-19,21-24,33-35,37,39-40,50,52H,16,20,25-32,36,38H2,1-15H3,(H,67,76)(H,74,75)/t40-,50-,52-,62?/m0/s1. The van der Waals surface area contributed by atoms with Gasteiger partial charge in [-0.3, -0.25) is 14.8 Å². The number of thiazole rings is 1. The Morgan fingerprint density at radius 1 is 0.918 bits per heavy atom. The van der Waals surface area contributed by atoms with Gasteiger partial charge in [0, 0.05) is 86.9 Å². The third kappa shape index (κ3) is 14.5. The zero-order valence-corrected chi connectivity index (χ0v) is 54.5. The highest BCUT2D eigenvalue weighted by atomic mass is 79.9. The number of aromatic nitrogens is 3. The molecule has 3 amide bonds. The molecule has 5 aromatic rings. The molecular weight excluding hydrogens is 1170 g/mol. The number of pyridine rings is 1. The third-order valence-corrected chi connectivity index (χ3v) is 17.6. The third-order valence-electron chi connectivity index (χ3n) is 16.0. The van der Waals surface area contributed by atoms with E-state index in [4.69, 9.17) is 38.0 Å². The molecule has 6 heterocycles. The van der Waals surface area contributed by atoms with E-state index in [0.29, 0.717) is 74.7 Å². The van der Waals surface area contributed by atoms with E-state index in [2.05, 4.69) is 35.7 Å². The number of fused-ring (bicyclic) bond motifs is 1. The minimum Gasteiger partial charge on any atom is -0.480 e. The summed E-state index contributed by atoms with van der Waals surface area (Å²) in [5.74, 6) is -1.84. The minimum absolute atomic E-state index is 0.0423. The Hall–Kier alpha value is -5.66. The smallest absolute Gasteiger partial charge is 0.480 e. The highest BCUT2D eigenvalue weighted by Crippen LogP contribution is 2.51. The summed E-state index contributed by atoms with van der Waals surface area (Å²) >= 11 is 4.74. The van der Waals surface area contributed by atoms with Crippen LogP contribution in [0.4, 0.5) is 15.3 Å². The highest BCUT2D eigenvalue weighted by Gasteiger charge is 2.58. The molecule has 0 aliphatic carbocycles. The molecule has 4 atom stereocenters. The maximum atomic E-state index is 16.3. The first-order chi connectivity index (χ1) is 40.0. The van der Waals surface area contributed by atoms with Gasteiger partial charge in [-0.05, 0) is 134 Å². The van der Waals surface area contributed by atoms with Gasteiger partial charge in [0.25, 0.3) is 5.91 Å². The van der Waals surface area contributed by atoms with E-state index in [1.54, 1.807) is 56.3 Å². The number of piperazine rings is 1. The number of carbonyl (C=O) groups excluding carboxylic acids is 3. The molecule has 3 saturated heterocycles. The van der Waals surface area contributed by atoms with Gasteiger partial charge in [0.1, 0.15) is 34.0 Å². The molecule has 0 bridgehead atoms. The Bertz CT molecular complexity index is 3160. The molecule has 1 unspecified atom stereocenters. The van der Waals surface area contributed by atoms with Crippen LogP contribution in [0.3, 0.4) is 0 Å². The largest absolute Gasteiger partial charge is 0.494 e. The number of amides is 3. The second-order valence-corrected chi connectivity index (χ2v) is 27.2. The van der Waals surface area contributed by atoms with Crippen LogP contribution < -0.4 is 15.7 Å². The first kappa shape index (κ1) is 65.3. The Balaban J connectivity index is 1.38. The number of halogens is 1. The van der Waals surface area contributed by atoms with Crippen molar-refractivity contribution in [2.24, 2.45) is 5.41 Å². The SMILES string of the molecule is CCO[C@H](c1nc(Br)cs1)[C@H](NC(=O)OC(C)(C)C)C(=O)N1CCCC(C(=O)O)(c2c(-c3cc(N4CCN(C(=O)OCc5ccccc5)CC4)cnc3[C@H](C)OC)n(CCOC(C)C)c3ccc(B4OC(C)(C)C(C)(C)O4)cc23)N1CC(C)(C)C. The molecule has 462 valence electrons. The van der Waals surface area contributed by atoms with E-state index < -0.39 is 77.2 Å². The van der Waals surface area contributed by atoms with Gasteiger partial charge < -0.3 is 57.8 Å². The number of hydrogen-bond donors (Lipinski definition) is 2. The normalized spacial score (nSPS) is 19.5. The lowest BCUT2D eigenvalue weighted by atomic mass is 9.75. The zero-order chi connectivity index (χ0) is 62.0. The molecular formula is C62H86BBrN8O12S. The number of carbonyl (C=O) groups is 4. The molecule has 8 rings (SSSR count). The monoisotopic (exact) mass is 1260 g/mol. The molecule has 3 fully saturated rings. The van der Waals surface area contributed by atoms with Gasteiger partial charge >= 0.3 is 25.3 Å². The van der Waals surface area contributed by atoms with Crippen LogP contribution in [0.5, 0.6) is 0 Å². The Kier molecular flexibility index (Phi) is 20.3. The summed E-state index contributed by atoms with van der Waals surface area (Å²) in [7, 11) is 0.777. The fourth-order valence-electron chi connectivity index (χ4n) is 11.2. The summed E-state index contributed by atoms with van der Waals surface area (Å²) in [6.07, 6.45) is -1.07. The fourth-order valence-corrected chi connectivity index (χ4v) is 12.5. The second kappa shape index (κ2) is 26.4. The molecule has 2 N–H and O–H groups in total. The molecule has 23 heteroatoms. The van der Waals surface area contributed by atoms with Gasteiger partial charge in [0.05, 0.1) is 53.3 Å². The highest BCUT2D eigenvalue weighted by molar-refractivity contribution is 9.10. The van der Waals surface area contributed by atoms with Gasteiger partial charge in [-0.1, -0.05) is 63.2 Å². The Morgan fingerprint density at radius 2 is 1.60 bits per heavy atom. The number of carboxylic acid groups (broad SMARTS) is 1. The molecule has 3 aliphatic rings. The summed E-state index contributed by atoms with van der Waals surface area (Å²) < 4.78 is 46.5. The van der Waals surface area contributed by atoms with Crippen molar-refractivity contribution < 1.29 is 57.3 Å². The van der Waals surface area contributed by atoms with Gasteiger partial charge in [0.2, 0.25) is 0 Å². The summed E-state index contributed by atoms with van der Waals surface area (Å²) in [5, 5.41) is 21.6. The number of anilines is 1. The number of hydrazine groups is 1. The predicted molar refractivity (Wildman–Crippen MR) is 332 cm³/mol. The van der Waals surface area contributed by atoms with Gasteiger partial charge in [-0.25, -0.2) is 19.4 Å². The van der Waals surface area contributed by atoms with Gasteiger partial charge in [-0.2, -0.15) is 5.01 Å². The van der Waals surface area contributed by atoms with Crippen molar-refractivity contribution in [1.82, 2.24) is 34.8 Å². The number of ether oxygens (including phenoxy) is 5. The number of benzene rings is 2. The number of aliphatic carboxylic acids is 1. The summed E-state index contributed by atoms with van der Waals surface area (Å²) in [5.41, 5.74) is -0.00117. The van der Waals surface area contributed by atoms with Crippen LogP contribution in [-0.4, -0.2) is 154 Å². The van der Waals surface area contributed by atoms with Crippen LogP contribution in [0.15, 0.2) is 70.8 Å². The number of rotatable bonds is 20. The predicted octanol–water partition coefficient (Wildman–Crippen LogP) is 10.6. The van der Waals surface area contributed by atoms with Crippen molar-refractivity contribution in [3.63, 3.8) is 0 Å². The Labute approximate surface area is 513 Å². The van der Waals surface area contributed by atoms with Crippen LogP contribution in [-0.2, 0) is 61.3 Å². The van der Waals surface area contributed by atoms with E-state index in [9.17, 15) is 14.7 Å². The maximum absolute atomic E-state index is 16.3. The molecule has 3 aliphatic heterocycles. The van der Waals surface area contributed by atoms with Crippen molar-refractivity contribution in [3.8, 4) is 11.3 Å². The van der Waals surface area contributed by atoms with Crippen LogP contribution in [0.25, 0.3) is 22.2 Å². The lowest BCUT2D eigenvalue weighted by molar-refractivity contribution is -0.200. The molecule has 3 aromatic heterocycles. The second-order valence-electron chi connectivity index (χ2n) is 25.5. The number of hydrogen-bond acceptors (Lipinski definition) is 16. The van der Waals surface area contributed by atoms with Crippen molar-refractivity contribution in [2.75, 3.05) is 64.5 Å². The van der Waals surface area contributed by atoms with Crippen molar-refractivity contribution in [1.29, 1.82) is 0 Å². The van der Waals surface area contributed by atoms with Crippen LogP contribution in [0.2, 0.25) is 0 Å². The summed E-state index contributed by atoms with van der Waals surface area (Å²) in [6.45, 7) is 29.4. The quantitative estimate of drug-likeness (QED) is 0.0695. The van der Waals surface area contributed by atoms with Crippen molar-refractivity contribution >= 4 is 80.5 Å². The maximum Gasteiger partial charge on any atom is 0.494 e. The van der Waals surface area contributed by atoms with Crippen LogP contribution in [0, 0.1) is 5.41 Å². The minimum atomic E-state index is -2.04. The lowest BCUT2D eigenvalue weighted by Gasteiger charge is -2.53. The number of carboxylic acids is 1. The first-order valence-corrected chi connectivity index (χ1v) is 31.1. The van der Waals surface area contributed by atoms with Crippen LogP contribution >= 0.6 is 27.3 Å². The molecule has 2 aromatic carbocycles. The fraction of sp³-hybridized carbons (Fsp3) is 0.581. The molecule has 0 radical (unpaired) electrons. The summed E-state index contributed by atoms with van der Waals surface area (Å²) in [6, 6.07) is 16.1. The van der Waals surface area contributed by atoms with E-state index >= 15 is 9.59 Å². The lowest BCUT2D eigenvalue weighted by Crippen LogP contribution is -2.68. The average molecular weight is 1260 g/mol. The topological polar surface area (TPSA) is 209 Å².